The lowest BCUT2D eigenvalue weighted by atomic mass is 10.0. The van der Waals surface area contributed by atoms with Crippen LogP contribution in [0.2, 0.25) is 0 Å². The highest BCUT2D eigenvalue weighted by Crippen LogP contribution is 2.14. The number of likely N-dealkylation sites (N-methyl/N-ethyl adjacent to an activating group) is 1. The Bertz CT molecular complexity index is 492. The number of nitrogens with zero attached hydrogens (tertiary/aromatic N) is 3. The summed E-state index contributed by atoms with van der Waals surface area (Å²) in [6, 6.07) is 4.43. The SMILES string of the molecule is CCNC(=NCC(C(C)C)N1CCN(C)CC1)NCCc1ccco1. The van der Waals surface area contributed by atoms with Crippen molar-refractivity contribution in [1.29, 1.82) is 0 Å². The van der Waals surface area contributed by atoms with E-state index in [0.29, 0.717) is 12.0 Å². The van der Waals surface area contributed by atoms with E-state index in [9.17, 15) is 0 Å². The summed E-state index contributed by atoms with van der Waals surface area (Å²) in [5.41, 5.74) is 0. The number of piperazine rings is 1. The van der Waals surface area contributed by atoms with Crippen LogP contribution in [0.15, 0.2) is 27.8 Å². The Morgan fingerprint density at radius 2 is 2.00 bits per heavy atom. The van der Waals surface area contributed by atoms with E-state index in [0.717, 1.165) is 64.0 Å². The first-order valence-electron chi connectivity index (χ1n) is 9.57. The van der Waals surface area contributed by atoms with Gasteiger partial charge in [-0.3, -0.25) is 9.89 Å². The summed E-state index contributed by atoms with van der Waals surface area (Å²) >= 11 is 0. The molecule has 2 N–H and O–H groups in total. The summed E-state index contributed by atoms with van der Waals surface area (Å²) in [6.07, 6.45) is 2.58. The molecule has 0 spiro atoms. The maximum atomic E-state index is 5.38. The summed E-state index contributed by atoms with van der Waals surface area (Å²) < 4.78 is 5.38. The van der Waals surface area contributed by atoms with Crippen molar-refractivity contribution in [2.24, 2.45) is 10.9 Å². The van der Waals surface area contributed by atoms with Crippen LogP contribution < -0.4 is 10.6 Å². The van der Waals surface area contributed by atoms with E-state index in [1.165, 1.54) is 0 Å². The number of guanidine groups is 1. The van der Waals surface area contributed by atoms with Crippen molar-refractivity contribution in [3.8, 4) is 0 Å². The van der Waals surface area contributed by atoms with Gasteiger partial charge in [0.25, 0.3) is 0 Å². The minimum Gasteiger partial charge on any atom is -0.469 e. The summed E-state index contributed by atoms with van der Waals surface area (Å²) in [5, 5.41) is 6.76. The number of hydrogen-bond acceptors (Lipinski definition) is 4. The summed E-state index contributed by atoms with van der Waals surface area (Å²) in [4.78, 5) is 9.85. The summed E-state index contributed by atoms with van der Waals surface area (Å²) in [7, 11) is 2.20. The quantitative estimate of drug-likeness (QED) is 0.552. The second-order valence-corrected chi connectivity index (χ2v) is 7.13. The fourth-order valence-electron chi connectivity index (χ4n) is 3.19. The molecule has 1 aliphatic rings. The minimum absolute atomic E-state index is 0.495. The van der Waals surface area contributed by atoms with Crippen LogP contribution in [0, 0.1) is 5.92 Å². The van der Waals surface area contributed by atoms with Crippen molar-refractivity contribution < 1.29 is 4.42 Å². The Morgan fingerprint density at radius 3 is 2.60 bits per heavy atom. The fraction of sp³-hybridized carbons (Fsp3) is 0.737. The number of rotatable bonds is 8. The molecule has 0 bridgehead atoms. The summed E-state index contributed by atoms with van der Waals surface area (Å²) in [6.45, 7) is 13.8. The molecule has 1 fully saturated rings. The Kier molecular flexibility index (Phi) is 8.28. The number of nitrogens with one attached hydrogen (secondary N) is 2. The van der Waals surface area contributed by atoms with Crippen LogP contribution in [-0.2, 0) is 6.42 Å². The van der Waals surface area contributed by atoms with Crippen LogP contribution in [0.1, 0.15) is 26.5 Å². The van der Waals surface area contributed by atoms with Gasteiger partial charge in [0, 0.05) is 51.7 Å². The highest BCUT2D eigenvalue weighted by atomic mass is 16.3. The van der Waals surface area contributed by atoms with Gasteiger partial charge < -0.3 is 20.0 Å². The van der Waals surface area contributed by atoms with Crippen molar-refractivity contribution in [3.63, 3.8) is 0 Å². The number of furan rings is 1. The lowest BCUT2D eigenvalue weighted by Gasteiger charge is -2.39. The van der Waals surface area contributed by atoms with Crippen LogP contribution in [-0.4, -0.2) is 74.7 Å². The lowest BCUT2D eigenvalue weighted by Crippen LogP contribution is -2.52. The standard InChI is InChI=1S/C19H35N5O/c1-5-20-19(21-9-8-17-7-6-14-25-17)22-15-18(16(2)3)24-12-10-23(4)11-13-24/h6-7,14,16,18H,5,8-13,15H2,1-4H3,(H2,20,21,22). The summed E-state index contributed by atoms with van der Waals surface area (Å²) in [5.74, 6) is 2.49. The normalized spacial score (nSPS) is 18.5. The molecule has 0 saturated carbocycles. The minimum atomic E-state index is 0.495. The molecule has 0 aliphatic carbocycles. The van der Waals surface area contributed by atoms with Gasteiger partial charge in [-0.25, -0.2) is 0 Å². The third-order valence-corrected chi connectivity index (χ3v) is 4.80. The zero-order valence-corrected chi connectivity index (χ0v) is 16.3. The Morgan fingerprint density at radius 1 is 1.24 bits per heavy atom. The number of aliphatic imine (C=N–C) groups is 1. The molecular weight excluding hydrogens is 314 g/mol. The zero-order valence-electron chi connectivity index (χ0n) is 16.3. The average Bonchev–Trinajstić information content (AvgIpc) is 3.09. The van der Waals surface area contributed by atoms with Gasteiger partial charge in [-0.05, 0) is 32.0 Å². The van der Waals surface area contributed by atoms with E-state index in [-0.39, 0.29) is 0 Å². The molecule has 0 radical (unpaired) electrons. The lowest BCUT2D eigenvalue weighted by molar-refractivity contribution is 0.0925. The van der Waals surface area contributed by atoms with Crippen molar-refractivity contribution in [2.75, 3.05) is 52.9 Å². The molecule has 6 heteroatoms. The van der Waals surface area contributed by atoms with Crippen molar-refractivity contribution in [1.82, 2.24) is 20.4 Å². The second kappa shape index (κ2) is 10.5. The van der Waals surface area contributed by atoms with Gasteiger partial charge in [0.05, 0.1) is 12.8 Å². The van der Waals surface area contributed by atoms with Gasteiger partial charge >= 0.3 is 0 Å². The van der Waals surface area contributed by atoms with Crippen molar-refractivity contribution in [2.45, 2.75) is 33.2 Å². The van der Waals surface area contributed by atoms with Gasteiger partial charge in [0.2, 0.25) is 0 Å². The van der Waals surface area contributed by atoms with Crippen molar-refractivity contribution in [3.05, 3.63) is 24.2 Å². The van der Waals surface area contributed by atoms with E-state index < -0.39 is 0 Å². The van der Waals surface area contributed by atoms with Gasteiger partial charge in [0.1, 0.15) is 5.76 Å². The first-order chi connectivity index (χ1) is 12.1. The third kappa shape index (κ3) is 6.71. The topological polar surface area (TPSA) is 56.0 Å². The van der Waals surface area contributed by atoms with E-state index in [1.54, 1.807) is 6.26 Å². The molecule has 1 unspecified atom stereocenters. The van der Waals surface area contributed by atoms with E-state index in [4.69, 9.17) is 9.41 Å². The molecule has 0 aromatic carbocycles. The molecule has 142 valence electrons. The predicted octanol–water partition coefficient (Wildman–Crippen LogP) is 1.65. The van der Waals surface area contributed by atoms with Crippen LogP contribution in [0.4, 0.5) is 0 Å². The molecule has 2 rings (SSSR count). The zero-order chi connectivity index (χ0) is 18.1. The van der Waals surface area contributed by atoms with Crippen molar-refractivity contribution >= 4 is 5.96 Å². The third-order valence-electron chi connectivity index (χ3n) is 4.80. The van der Waals surface area contributed by atoms with Crippen LogP contribution >= 0.6 is 0 Å². The molecule has 1 aromatic heterocycles. The highest BCUT2D eigenvalue weighted by molar-refractivity contribution is 5.79. The molecule has 2 heterocycles. The second-order valence-electron chi connectivity index (χ2n) is 7.13. The van der Waals surface area contributed by atoms with Gasteiger partial charge in [0.15, 0.2) is 5.96 Å². The molecule has 1 aliphatic heterocycles. The van der Waals surface area contributed by atoms with Crippen LogP contribution in [0.5, 0.6) is 0 Å². The highest BCUT2D eigenvalue weighted by Gasteiger charge is 2.24. The monoisotopic (exact) mass is 349 g/mol. The molecular formula is C19H35N5O. The number of hydrogen-bond donors (Lipinski definition) is 2. The first-order valence-corrected chi connectivity index (χ1v) is 9.57. The predicted molar refractivity (Wildman–Crippen MR) is 104 cm³/mol. The van der Waals surface area contributed by atoms with Crippen LogP contribution in [0.3, 0.4) is 0 Å². The van der Waals surface area contributed by atoms with E-state index in [2.05, 4.69) is 48.3 Å². The van der Waals surface area contributed by atoms with Gasteiger partial charge in [-0.2, -0.15) is 0 Å². The molecule has 1 aromatic rings. The molecule has 6 nitrogen and oxygen atoms in total. The molecule has 0 amide bonds. The maximum absolute atomic E-state index is 5.38. The fourth-order valence-corrected chi connectivity index (χ4v) is 3.19. The van der Waals surface area contributed by atoms with E-state index >= 15 is 0 Å². The molecule has 1 atom stereocenters. The van der Waals surface area contributed by atoms with Gasteiger partial charge in [-0.15, -0.1) is 0 Å². The molecule has 1 saturated heterocycles. The Balaban J connectivity index is 1.87. The largest absolute Gasteiger partial charge is 0.469 e. The Labute approximate surface area is 152 Å². The Hall–Kier alpha value is -1.53. The molecule has 25 heavy (non-hydrogen) atoms. The smallest absolute Gasteiger partial charge is 0.191 e. The van der Waals surface area contributed by atoms with E-state index in [1.807, 2.05) is 12.1 Å². The first kappa shape index (κ1) is 19.8. The van der Waals surface area contributed by atoms with Crippen LogP contribution in [0.25, 0.3) is 0 Å². The van der Waals surface area contributed by atoms with Gasteiger partial charge in [-0.1, -0.05) is 13.8 Å². The maximum Gasteiger partial charge on any atom is 0.191 e. The average molecular weight is 350 g/mol.